The molecule has 1 fully saturated rings. The van der Waals surface area contributed by atoms with E-state index in [1.807, 2.05) is 32.9 Å². The van der Waals surface area contributed by atoms with Gasteiger partial charge >= 0.3 is 6.09 Å². The summed E-state index contributed by atoms with van der Waals surface area (Å²) in [7, 11) is 0. The van der Waals surface area contributed by atoms with Gasteiger partial charge in [-0.05, 0) is 70.2 Å². The molecular weight excluding hydrogens is 342 g/mol. The summed E-state index contributed by atoms with van der Waals surface area (Å²) >= 11 is 0. The fourth-order valence-corrected chi connectivity index (χ4v) is 3.14. The zero-order valence-electron chi connectivity index (χ0n) is 17.4. The molecule has 2 amide bonds. The molecule has 0 aromatic heterocycles. The van der Waals surface area contributed by atoms with Gasteiger partial charge in [-0.3, -0.25) is 4.79 Å². The lowest BCUT2D eigenvalue weighted by Gasteiger charge is -2.25. The van der Waals surface area contributed by atoms with Crippen LogP contribution < -0.4 is 15.5 Å². The largest absolute Gasteiger partial charge is 0.444 e. The van der Waals surface area contributed by atoms with Crippen LogP contribution in [0.4, 0.5) is 16.2 Å². The van der Waals surface area contributed by atoms with Crippen LogP contribution in [0, 0.1) is 12.8 Å². The van der Waals surface area contributed by atoms with Crippen molar-refractivity contribution < 1.29 is 14.3 Å². The van der Waals surface area contributed by atoms with Gasteiger partial charge in [-0.1, -0.05) is 13.8 Å². The van der Waals surface area contributed by atoms with Gasteiger partial charge in [0.1, 0.15) is 11.6 Å². The quantitative estimate of drug-likeness (QED) is 0.813. The Labute approximate surface area is 162 Å². The maximum atomic E-state index is 12.8. The van der Waals surface area contributed by atoms with Crippen LogP contribution in [0.3, 0.4) is 0 Å². The molecule has 0 spiro atoms. The second-order valence-corrected chi connectivity index (χ2v) is 8.55. The van der Waals surface area contributed by atoms with E-state index < -0.39 is 17.7 Å². The zero-order valence-corrected chi connectivity index (χ0v) is 17.4. The molecule has 1 aliphatic heterocycles. The molecule has 6 heteroatoms. The number of carbonyl (C=O) groups excluding carboxylic acids is 2. The van der Waals surface area contributed by atoms with Crippen molar-refractivity contribution in [2.45, 2.75) is 66.0 Å². The number of aryl methyl sites for hydroxylation is 1. The molecule has 1 unspecified atom stereocenters. The zero-order chi connectivity index (χ0) is 20.2. The highest BCUT2D eigenvalue weighted by molar-refractivity contribution is 5.97. The second-order valence-electron chi connectivity index (χ2n) is 8.55. The first-order valence-corrected chi connectivity index (χ1v) is 9.73. The topological polar surface area (TPSA) is 70.7 Å². The van der Waals surface area contributed by atoms with E-state index in [4.69, 9.17) is 4.74 Å². The van der Waals surface area contributed by atoms with Crippen LogP contribution in [0.5, 0.6) is 0 Å². The molecule has 2 rings (SSSR count). The third-order valence-corrected chi connectivity index (χ3v) is 4.56. The predicted molar refractivity (Wildman–Crippen MR) is 109 cm³/mol. The summed E-state index contributed by atoms with van der Waals surface area (Å²) in [4.78, 5) is 27.2. The van der Waals surface area contributed by atoms with Crippen LogP contribution in [0.1, 0.15) is 53.0 Å². The van der Waals surface area contributed by atoms with Crippen molar-refractivity contribution in [2.75, 3.05) is 23.3 Å². The second kappa shape index (κ2) is 8.63. The number of carbonyl (C=O) groups is 2. The van der Waals surface area contributed by atoms with E-state index in [2.05, 4.69) is 21.6 Å². The molecule has 150 valence electrons. The molecule has 1 atom stereocenters. The van der Waals surface area contributed by atoms with Gasteiger partial charge in [-0.25, -0.2) is 4.79 Å². The standard InChI is InChI=1S/C21H33N3O3/c1-14(2)18(23-20(26)27-21(4,5)6)19(25)22-17-10-9-16(13-15(17)3)24-11-7-8-12-24/h9-10,13-14,18H,7-8,11-12H2,1-6H3,(H,22,25)(H,23,26). The molecule has 0 radical (unpaired) electrons. The lowest BCUT2D eigenvalue weighted by Crippen LogP contribution is -2.48. The predicted octanol–water partition coefficient (Wildman–Crippen LogP) is 4.08. The van der Waals surface area contributed by atoms with Gasteiger partial charge in [0.2, 0.25) is 5.91 Å². The number of nitrogens with zero attached hydrogens (tertiary/aromatic N) is 1. The van der Waals surface area contributed by atoms with Gasteiger partial charge in [0.05, 0.1) is 0 Å². The van der Waals surface area contributed by atoms with Crippen LogP contribution >= 0.6 is 0 Å². The van der Waals surface area contributed by atoms with Gasteiger partial charge in [-0.2, -0.15) is 0 Å². The maximum Gasteiger partial charge on any atom is 0.408 e. The monoisotopic (exact) mass is 375 g/mol. The van der Waals surface area contributed by atoms with Crippen molar-refractivity contribution in [1.82, 2.24) is 5.32 Å². The summed E-state index contributed by atoms with van der Waals surface area (Å²) in [5, 5.41) is 5.64. The number of alkyl carbamates (subject to hydrolysis) is 1. The van der Waals surface area contributed by atoms with Crippen LogP contribution in [0.15, 0.2) is 18.2 Å². The van der Waals surface area contributed by atoms with Crippen molar-refractivity contribution in [3.05, 3.63) is 23.8 Å². The first-order chi connectivity index (χ1) is 12.6. The normalized spacial score (nSPS) is 15.6. The number of nitrogens with one attached hydrogen (secondary N) is 2. The summed E-state index contributed by atoms with van der Waals surface area (Å²) in [6.07, 6.45) is 1.87. The highest BCUT2D eigenvalue weighted by atomic mass is 16.6. The smallest absolute Gasteiger partial charge is 0.408 e. The number of rotatable bonds is 5. The van der Waals surface area contributed by atoms with Crippen LogP contribution in [0.2, 0.25) is 0 Å². The van der Waals surface area contributed by atoms with Gasteiger partial charge in [0.25, 0.3) is 0 Å². The Hall–Kier alpha value is -2.24. The van der Waals surface area contributed by atoms with Gasteiger partial charge in [0, 0.05) is 24.5 Å². The fourth-order valence-electron chi connectivity index (χ4n) is 3.14. The van der Waals surface area contributed by atoms with Gasteiger partial charge < -0.3 is 20.3 Å². The minimum absolute atomic E-state index is 0.0679. The molecule has 6 nitrogen and oxygen atoms in total. The summed E-state index contributed by atoms with van der Waals surface area (Å²) in [5.74, 6) is -0.311. The molecule has 1 aliphatic rings. The molecule has 1 aromatic rings. The molecule has 27 heavy (non-hydrogen) atoms. The van der Waals surface area contributed by atoms with Crippen LogP contribution in [-0.2, 0) is 9.53 Å². The van der Waals surface area contributed by atoms with E-state index >= 15 is 0 Å². The minimum Gasteiger partial charge on any atom is -0.444 e. The number of benzene rings is 1. The molecular formula is C21H33N3O3. The average Bonchev–Trinajstić information content (AvgIpc) is 3.07. The van der Waals surface area contributed by atoms with Crippen molar-refractivity contribution in [3.63, 3.8) is 0 Å². The van der Waals surface area contributed by atoms with Crippen LogP contribution in [0.25, 0.3) is 0 Å². The molecule has 1 saturated heterocycles. The Morgan fingerprint density at radius 3 is 2.30 bits per heavy atom. The Kier molecular flexibility index (Phi) is 6.73. The lowest BCUT2D eigenvalue weighted by molar-refractivity contribution is -0.119. The SMILES string of the molecule is Cc1cc(N2CCCC2)ccc1NC(=O)C(NC(=O)OC(C)(C)C)C(C)C. The third-order valence-electron chi connectivity index (χ3n) is 4.56. The Balaban J connectivity index is 2.05. The van der Waals surface area contributed by atoms with E-state index in [0.29, 0.717) is 0 Å². The first-order valence-electron chi connectivity index (χ1n) is 9.73. The Morgan fingerprint density at radius 2 is 1.78 bits per heavy atom. The van der Waals surface area contributed by atoms with Crippen molar-refractivity contribution in [2.24, 2.45) is 5.92 Å². The highest BCUT2D eigenvalue weighted by Crippen LogP contribution is 2.25. The van der Waals surface area contributed by atoms with Gasteiger partial charge in [0.15, 0.2) is 0 Å². The van der Waals surface area contributed by atoms with Crippen molar-refractivity contribution in [3.8, 4) is 0 Å². The van der Waals surface area contributed by atoms with Crippen molar-refractivity contribution in [1.29, 1.82) is 0 Å². The molecule has 1 aromatic carbocycles. The maximum absolute atomic E-state index is 12.8. The van der Waals surface area contributed by atoms with E-state index in [-0.39, 0.29) is 11.8 Å². The third kappa shape index (κ3) is 6.15. The van der Waals surface area contributed by atoms with E-state index in [1.165, 1.54) is 18.5 Å². The molecule has 0 saturated carbocycles. The number of hydrogen-bond donors (Lipinski definition) is 2. The minimum atomic E-state index is -0.669. The highest BCUT2D eigenvalue weighted by Gasteiger charge is 2.27. The molecule has 1 heterocycles. The number of amides is 2. The van der Waals surface area contributed by atoms with Crippen LogP contribution in [-0.4, -0.2) is 36.7 Å². The average molecular weight is 376 g/mol. The van der Waals surface area contributed by atoms with E-state index in [9.17, 15) is 9.59 Å². The van der Waals surface area contributed by atoms with Crippen molar-refractivity contribution >= 4 is 23.4 Å². The Bertz CT molecular complexity index is 674. The van der Waals surface area contributed by atoms with E-state index in [1.54, 1.807) is 20.8 Å². The number of anilines is 2. The Morgan fingerprint density at radius 1 is 1.15 bits per heavy atom. The summed E-state index contributed by atoms with van der Waals surface area (Å²) in [6.45, 7) is 13.3. The number of hydrogen-bond acceptors (Lipinski definition) is 4. The molecule has 2 N–H and O–H groups in total. The molecule has 0 bridgehead atoms. The van der Waals surface area contributed by atoms with Gasteiger partial charge in [-0.15, -0.1) is 0 Å². The molecule has 0 aliphatic carbocycles. The summed E-state index contributed by atoms with van der Waals surface area (Å²) in [6, 6.07) is 5.41. The fraction of sp³-hybridized carbons (Fsp3) is 0.619. The first kappa shape index (κ1) is 21.1. The lowest BCUT2D eigenvalue weighted by atomic mass is 10.0. The number of ether oxygens (including phenoxy) is 1. The summed E-state index contributed by atoms with van der Waals surface area (Å²) in [5.41, 5.74) is 2.35. The van der Waals surface area contributed by atoms with E-state index in [0.717, 1.165) is 24.3 Å². The summed E-state index contributed by atoms with van der Waals surface area (Å²) < 4.78 is 5.28.